The number of anilines is 1. The Morgan fingerprint density at radius 3 is 2.41 bits per heavy atom. The van der Waals surface area contributed by atoms with Crippen LogP contribution in [0.5, 0.6) is 11.5 Å². The third-order valence-electron chi connectivity index (χ3n) is 4.63. The van der Waals surface area contributed by atoms with Gasteiger partial charge in [-0.3, -0.25) is 9.10 Å². The number of amides is 1. The maximum Gasteiger partial charge on any atom is 0.260 e. The molecule has 0 heterocycles. The van der Waals surface area contributed by atoms with Crippen LogP contribution in [0.2, 0.25) is 0 Å². The van der Waals surface area contributed by atoms with E-state index < -0.39 is 22.5 Å². The summed E-state index contributed by atoms with van der Waals surface area (Å²) in [6.45, 7) is -0.0106. The molecule has 0 atom stereocenters. The molecule has 0 aliphatic heterocycles. The minimum atomic E-state index is -3.67. The van der Waals surface area contributed by atoms with E-state index in [-0.39, 0.29) is 0 Å². The van der Waals surface area contributed by atoms with Crippen molar-refractivity contribution in [3.8, 4) is 11.5 Å². The number of hydrogen-bond acceptors (Lipinski definition) is 6. The van der Waals surface area contributed by atoms with Crippen LogP contribution in [0, 0.1) is 0 Å². The molecule has 0 saturated carbocycles. The Balaban J connectivity index is 1.62. The van der Waals surface area contributed by atoms with E-state index in [1.807, 2.05) is 30.3 Å². The smallest absolute Gasteiger partial charge is 0.260 e. The lowest BCUT2D eigenvalue weighted by atomic mass is 10.2. The number of carbonyl (C=O) groups is 1. The zero-order valence-electron chi connectivity index (χ0n) is 18.6. The maximum atomic E-state index is 12.3. The number of ether oxygens (including phenoxy) is 2. The first kappa shape index (κ1) is 25.3. The van der Waals surface area contributed by atoms with Gasteiger partial charge in [-0.25, -0.2) is 13.8 Å². The second-order valence-electron chi connectivity index (χ2n) is 7.22. The van der Waals surface area contributed by atoms with Gasteiger partial charge in [0, 0.05) is 4.47 Å². The molecule has 8 nitrogen and oxygen atoms in total. The standard InChI is InChI=1S/C24H24BrN3O5S/c1-32-23-14-19(8-13-22(23)33-17-18-6-4-3-5-7-18)15-26-27-24(29)16-28(34(2,30)31)21-11-9-20(25)10-12-21/h3-15H,16-17H2,1-2H3,(H,27,29)/b26-15-. The lowest BCUT2D eigenvalue weighted by Gasteiger charge is -2.21. The number of rotatable bonds is 10. The molecule has 178 valence electrons. The Morgan fingerprint density at radius 1 is 1.06 bits per heavy atom. The Bertz CT molecular complexity index is 1250. The maximum absolute atomic E-state index is 12.3. The van der Waals surface area contributed by atoms with Gasteiger partial charge in [0.2, 0.25) is 10.0 Å². The van der Waals surface area contributed by atoms with Gasteiger partial charge >= 0.3 is 0 Å². The number of hydrogen-bond donors (Lipinski definition) is 1. The van der Waals surface area contributed by atoms with E-state index in [1.165, 1.54) is 13.3 Å². The minimum absolute atomic E-state index is 0.376. The molecule has 3 rings (SSSR count). The summed E-state index contributed by atoms with van der Waals surface area (Å²) < 4.78 is 37.4. The predicted molar refractivity (Wildman–Crippen MR) is 136 cm³/mol. The molecule has 0 aliphatic carbocycles. The van der Waals surface area contributed by atoms with Gasteiger partial charge in [-0.1, -0.05) is 46.3 Å². The summed E-state index contributed by atoms with van der Waals surface area (Å²) in [5.41, 5.74) is 4.43. The molecular formula is C24H24BrN3O5S. The molecule has 0 bridgehead atoms. The molecule has 0 fully saturated rings. The first-order valence-electron chi connectivity index (χ1n) is 10.2. The van der Waals surface area contributed by atoms with E-state index >= 15 is 0 Å². The Hall–Kier alpha value is -3.37. The van der Waals surface area contributed by atoms with Crippen LogP contribution in [0.4, 0.5) is 5.69 Å². The molecular weight excluding hydrogens is 522 g/mol. The van der Waals surface area contributed by atoms with Crippen LogP contribution in [-0.4, -0.2) is 40.4 Å². The molecule has 0 spiro atoms. The topological polar surface area (TPSA) is 97.3 Å². The third-order valence-corrected chi connectivity index (χ3v) is 6.30. The van der Waals surface area contributed by atoms with Crippen LogP contribution in [-0.2, 0) is 21.4 Å². The summed E-state index contributed by atoms with van der Waals surface area (Å²) in [7, 11) is -2.13. The van der Waals surface area contributed by atoms with Crippen LogP contribution < -0.4 is 19.2 Å². The molecule has 1 amide bonds. The highest BCUT2D eigenvalue weighted by molar-refractivity contribution is 9.10. The van der Waals surface area contributed by atoms with Gasteiger partial charge in [-0.2, -0.15) is 5.10 Å². The van der Waals surface area contributed by atoms with Gasteiger partial charge in [-0.05, 0) is 53.6 Å². The largest absolute Gasteiger partial charge is 0.493 e. The van der Waals surface area contributed by atoms with E-state index in [4.69, 9.17) is 9.47 Å². The van der Waals surface area contributed by atoms with Gasteiger partial charge in [0.15, 0.2) is 11.5 Å². The fourth-order valence-electron chi connectivity index (χ4n) is 2.97. The third kappa shape index (κ3) is 7.32. The fraction of sp³-hybridized carbons (Fsp3) is 0.167. The summed E-state index contributed by atoms with van der Waals surface area (Å²) in [6, 6.07) is 21.6. The SMILES string of the molecule is COc1cc(/C=N\NC(=O)CN(c2ccc(Br)cc2)S(C)(=O)=O)ccc1OCc1ccccc1. The van der Waals surface area contributed by atoms with Crippen LogP contribution in [0.15, 0.2) is 82.4 Å². The highest BCUT2D eigenvalue weighted by atomic mass is 79.9. The predicted octanol–water partition coefficient (Wildman–Crippen LogP) is 3.95. The van der Waals surface area contributed by atoms with Gasteiger partial charge in [0.25, 0.3) is 5.91 Å². The first-order chi connectivity index (χ1) is 16.3. The number of halogens is 1. The minimum Gasteiger partial charge on any atom is -0.493 e. The average molecular weight is 546 g/mol. The zero-order chi connectivity index (χ0) is 24.6. The van der Waals surface area contributed by atoms with Crippen LogP contribution in [0.1, 0.15) is 11.1 Å². The summed E-state index contributed by atoms with van der Waals surface area (Å²) in [4.78, 5) is 12.3. The summed E-state index contributed by atoms with van der Waals surface area (Å²) in [5.74, 6) is 0.509. The highest BCUT2D eigenvalue weighted by Gasteiger charge is 2.20. The molecule has 10 heteroatoms. The highest BCUT2D eigenvalue weighted by Crippen LogP contribution is 2.28. The summed E-state index contributed by atoms with van der Waals surface area (Å²) in [5, 5.41) is 3.93. The van der Waals surface area contributed by atoms with E-state index in [0.717, 1.165) is 20.6 Å². The van der Waals surface area contributed by atoms with Gasteiger partial charge in [-0.15, -0.1) is 0 Å². The van der Waals surface area contributed by atoms with Gasteiger partial charge in [0.1, 0.15) is 13.2 Å². The van der Waals surface area contributed by atoms with E-state index in [2.05, 4.69) is 26.5 Å². The quantitative estimate of drug-likeness (QED) is 0.307. The second-order valence-corrected chi connectivity index (χ2v) is 10.0. The lowest BCUT2D eigenvalue weighted by Crippen LogP contribution is -2.39. The van der Waals surface area contributed by atoms with Crippen molar-refractivity contribution in [3.05, 3.63) is 88.4 Å². The lowest BCUT2D eigenvalue weighted by molar-refractivity contribution is -0.119. The van der Waals surface area contributed by atoms with Crippen molar-refractivity contribution in [2.45, 2.75) is 6.61 Å². The van der Waals surface area contributed by atoms with Crippen LogP contribution in [0.25, 0.3) is 0 Å². The number of carbonyl (C=O) groups excluding carboxylic acids is 1. The van der Waals surface area contributed by atoms with Crippen molar-refractivity contribution in [2.75, 3.05) is 24.2 Å². The van der Waals surface area contributed by atoms with Gasteiger partial charge < -0.3 is 9.47 Å². The van der Waals surface area contributed by atoms with Crippen molar-refractivity contribution in [2.24, 2.45) is 5.10 Å². The zero-order valence-corrected chi connectivity index (χ0v) is 21.0. The molecule has 0 unspecified atom stereocenters. The number of sulfonamides is 1. The molecule has 3 aromatic carbocycles. The van der Waals surface area contributed by atoms with Crippen LogP contribution in [0.3, 0.4) is 0 Å². The van der Waals surface area contributed by atoms with Crippen molar-refractivity contribution < 1.29 is 22.7 Å². The van der Waals surface area contributed by atoms with E-state index in [0.29, 0.717) is 29.4 Å². The Labute approximate surface area is 207 Å². The molecule has 0 aliphatic rings. The van der Waals surface area contributed by atoms with Crippen molar-refractivity contribution in [1.82, 2.24) is 5.43 Å². The average Bonchev–Trinajstić information content (AvgIpc) is 2.82. The second kappa shape index (κ2) is 11.7. The van der Waals surface area contributed by atoms with Gasteiger partial charge in [0.05, 0.1) is 25.3 Å². The van der Waals surface area contributed by atoms with Crippen molar-refractivity contribution in [3.63, 3.8) is 0 Å². The summed E-state index contributed by atoms with van der Waals surface area (Å²) >= 11 is 3.30. The Morgan fingerprint density at radius 2 is 1.76 bits per heavy atom. The van der Waals surface area contributed by atoms with Crippen LogP contribution >= 0.6 is 15.9 Å². The van der Waals surface area contributed by atoms with E-state index in [9.17, 15) is 13.2 Å². The Kier molecular flexibility index (Phi) is 8.67. The van der Waals surface area contributed by atoms with Crippen molar-refractivity contribution >= 4 is 43.8 Å². The summed E-state index contributed by atoms with van der Waals surface area (Å²) in [6.07, 6.45) is 2.48. The normalized spacial score (nSPS) is 11.3. The first-order valence-corrected chi connectivity index (χ1v) is 12.8. The number of nitrogens with one attached hydrogen (secondary N) is 1. The number of nitrogens with zero attached hydrogens (tertiary/aromatic N) is 2. The number of benzene rings is 3. The molecule has 3 aromatic rings. The molecule has 1 N–H and O–H groups in total. The molecule has 0 aromatic heterocycles. The molecule has 34 heavy (non-hydrogen) atoms. The fourth-order valence-corrected chi connectivity index (χ4v) is 4.09. The molecule has 0 radical (unpaired) electrons. The molecule has 0 saturated heterocycles. The number of hydrazone groups is 1. The van der Waals surface area contributed by atoms with Crippen molar-refractivity contribution in [1.29, 1.82) is 0 Å². The van der Waals surface area contributed by atoms with E-state index in [1.54, 1.807) is 42.5 Å². The number of methoxy groups -OCH3 is 1. The monoisotopic (exact) mass is 545 g/mol.